The van der Waals surface area contributed by atoms with Crippen LogP contribution in [0.15, 0.2) is 48.5 Å². The Morgan fingerprint density at radius 1 is 1.17 bits per heavy atom. The van der Waals surface area contributed by atoms with E-state index in [0.29, 0.717) is 22.9 Å². The summed E-state index contributed by atoms with van der Waals surface area (Å²) in [5.74, 6) is -0.290. The first-order valence-corrected chi connectivity index (χ1v) is 7.43. The van der Waals surface area contributed by atoms with Crippen LogP contribution in [0.1, 0.15) is 22.8 Å². The highest BCUT2D eigenvalue weighted by Crippen LogP contribution is 2.15. The number of carbonyl (C=O) groups is 2. The number of rotatable bonds is 6. The fraction of sp³-hybridized carbons (Fsp3) is 0.176. The molecule has 0 fully saturated rings. The minimum Gasteiger partial charge on any atom is -0.481 e. The molecule has 120 valence electrons. The Morgan fingerprint density at radius 2 is 1.83 bits per heavy atom. The third-order valence-electron chi connectivity index (χ3n) is 3.23. The number of ether oxygens (including phenoxy) is 1. The van der Waals surface area contributed by atoms with E-state index in [0.717, 1.165) is 5.56 Å². The van der Waals surface area contributed by atoms with Crippen LogP contribution >= 0.6 is 11.6 Å². The number of hydrogen-bond donors (Lipinski definition) is 2. The van der Waals surface area contributed by atoms with E-state index in [1.807, 2.05) is 18.2 Å². The van der Waals surface area contributed by atoms with Crippen LogP contribution in [0.4, 0.5) is 0 Å². The maximum Gasteiger partial charge on any atom is 0.261 e. The molecule has 0 spiro atoms. The number of halogens is 1. The highest BCUT2D eigenvalue weighted by atomic mass is 35.5. The monoisotopic (exact) mass is 332 g/mol. The average Bonchev–Trinajstić information content (AvgIpc) is 2.54. The number of hydrogen-bond acceptors (Lipinski definition) is 3. The third-order valence-corrected chi connectivity index (χ3v) is 3.60. The Hall–Kier alpha value is -2.53. The predicted octanol–water partition coefficient (Wildman–Crippen LogP) is 2.52. The first-order valence-electron chi connectivity index (χ1n) is 7.05. The molecular formula is C17H17ClN2O3. The zero-order valence-electron chi connectivity index (χ0n) is 12.6. The fourth-order valence-corrected chi connectivity index (χ4v) is 2.13. The van der Waals surface area contributed by atoms with Crippen molar-refractivity contribution in [3.05, 3.63) is 64.7 Å². The van der Waals surface area contributed by atoms with Gasteiger partial charge in [-0.2, -0.15) is 0 Å². The van der Waals surface area contributed by atoms with Crippen molar-refractivity contribution in [2.45, 2.75) is 19.6 Å². The molecule has 2 aromatic carbocycles. The molecule has 1 atom stereocenters. The van der Waals surface area contributed by atoms with Gasteiger partial charge in [-0.05, 0) is 42.8 Å². The van der Waals surface area contributed by atoms with Gasteiger partial charge in [0.1, 0.15) is 5.75 Å². The van der Waals surface area contributed by atoms with Crippen molar-refractivity contribution in [2.75, 3.05) is 0 Å². The third kappa shape index (κ3) is 4.72. The molecule has 0 aliphatic carbocycles. The summed E-state index contributed by atoms with van der Waals surface area (Å²) in [6.07, 6.45) is -0.683. The van der Waals surface area contributed by atoms with Crippen LogP contribution in [0.25, 0.3) is 0 Å². The lowest BCUT2D eigenvalue weighted by molar-refractivity contribution is -0.127. The largest absolute Gasteiger partial charge is 0.481 e. The molecule has 2 aromatic rings. The molecule has 0 aromatic heterocycles. The van der Waals surface area contributed by atoms with Crippen LogP contribution in [0.5, 0.6) is 5.75 Å². The van der Waals surface area contributed by atoms with E-state index in [9.17, 15) is 9.59 Å². The highest BCUT2D eigenvalue weighted by Gasteiger charge is 2.15. The lowest BCUT2D eigenvalue weighted by Crippen LogP contribution is -2.35. The van der Waals surface area contributed by atoms with E-state index in [1.54, 1.807) is 37.3 Å². The van der Waals surface area contributed by atoms with E-state index in [1.165, 1.54) is 0 Å². The highest BCUT2D eigenvalue weighted by molar-refractivity contribution is 6.31. The summed E-state index contributed by atoms with van der Waals surface area (Å²) >= 11 is 6.04. The van der Waals surface area contributed by atoms with Gasteiger partial charge in [0.25, 0.3) is 5.91 Å². The van der Waals surface area contributed by atoms with Crippen LogP contribution in [-0.2, 0) is 11.3 Å². The quantitative estimate of drug-likeness (QED) is 0.852. The van der Waals surface area contributed by atoms with Crippen molar-refractivity contribution in [2.24, 2.45) is 5.73 Å². The molecule has 3 N–H and O–H groups in total. The molecule has 0 saturated carbocycles. The summed E-state index contributed by atoms with van der Waals surface area (Å²) < 4.78 is 5.53. The SMILES string of the molecule is CC(Oc1ccc(C(N)=O)cc1)C(=O)NCc1ccccc1Cl. The molecule has 23 heavy (non-hydrogen) atoms. The second-order valence-electron chi connectivity index (χ2n) is 4.96. The summed E-state index contributed by atoms with van der Waals surface area (Å²) in [5.41, 5.74) is 6.38. The van der Waals surface area contributed by atoms with Crippen molar-refractivity contribution in [3.63, 3.8) is 0 Å². The molecule has 0 heterocycles. The zero-order chi connectivity index (χ0) is 16.8. The molecule has 1 unspecified atom stereocenters. The topological polar surface area (TPSA) is 81.4 Å². The zero-order valence-corrected chi connectivity index (χ0v) is 13.3. The fourth-order valence-electron chi connectivity index (χ4n) is 1.92. The maximum atomic E-state index is 12.1. The number of carbonyl (C=O) groups excluding carboxylic acids is 2. The number of amides is 2. The van der Waals surface area contributed by atoms with Gasteiger partial charge in [0, 0.05) is 17.1 Å². The van der Waals surface area contributed by atoms with E-state index in [4.69, 9.17) is 22.1 Å². The molecule has 5 nitrogen and oxygen atoms in total. The van der Waals surface area contributed by atoms with E-state index >= 15 is 0 Å². The number of nitrogens with two attached hydrogens (primary N) is 1. The van der Waals surface area contributed by atoms with Crippen LogP contribution in [0.3, 0.4) is 0 Å². The Labute approximate surface area is 139 Å². The smallest absolute Gasteiger partial charge is 0.261 e. The maximum absolute atomic E-state index is 12.1. The van der Waals surface area contributed by atoms with Crippen LogP contribution in [0, 0.1) is 0 Å². The van der Waals surface area contributed by atoms with Crippen molar-refractivity contribution in [1.29, 1.82) is 0 Å². The number of nitrogens with one attached hydrogen (secondary N) is 1. The molecule has 6 heteroatoms. The van der Waals surface area contributed by atoms with Crippen molar-refractivity contribution < 1.29 is 14.3 Å². The van der Waals surface area contributed by atoms with Gasteiger partial charge in [-0.15, -0.1) is 0 Å². The lowest BCUT2D eigenvalue weighted by atomic mass is 10.2. The first-order chi connectivity index (χ1) is 11.0. The van der Waals surface area contributed by atoms with Crippen LogP contribution < -0.4 is 15.8 Å². The van der Waals surface area contributed by atoms with Crippen LogP contribution in [0.2, 0.25) is 5.02 Å². The molecule has 0 saturated heterocycles. The molecule has 2 rings (SSSR count). The van der Waals surface area contributed by atoms with Gasteiger partial charge >= 0.3 is 0 Å². The summed E-state index contributed by atoms with van der Waals surface area (Å²) in [5, 5.41) is 3.37. The molecular weight excluding hydrogens is 316 g/mol. The predicted molar refractivity (Wildman–Crippen MR) is 88.3 cm³/mol. The molecule has 0 radical (unpaired) electrons. The van der Waals surface area contributed by atoms with Crippen molar-refractivity contribution in [3.8, 4) is 5.75 Å². The van der Waals surface area contributed by atoms with Crippen molar-refractivity contribution in [1.82, 2.24) is 5.32 Å². The molecule has 0 bridgehead atoms. The van der Waals surface area contributed by atoms with Gasteiger partial charge < -0.3 is 15.8 Å². The first kappa shape index (κ1) is 16.8. The van der Waals surface area contributed by atoms with Crippen molar-refractivity contribution >= 4 is 23.4 Å². The summed E-state index contributed by atoms with van der Waals surface area (Å²) in [6.45, 7) is 1.97. The van der Waals surface area contributed by atoms with Gasteiger partial charge in [-0.1, -0.05) is 29.8 Å². The minimum absolute atomic E-state index is 0.260. The van der Waals surface area contributed by atoms with Gasteiger partial charge in [0.05, 0.1) is 0 Å². The Morgan fingerprint density at radius 3 is 2.43 bits per heavy atom. The summed E-state index contributed by atoms with van der Waals surface area (Å²) in [7, 11) is 0. The molecule has 0 aliphatic heterocycles. The van der Waals surface area contributed by atoms with Crippen LogP contribution in [-0.4, -0.2) is 17.9 Å². The summed E-state index contributed by atoms with van der Waals surface area (Å²) in [4.78, 5) is 23.1. The Kier molecular flexibility index (Phi) is 5.60. The lowest BCUT2D eigenvalue weighted by Gasteiger charge is -2.15. The molecule has 2 amide bonds. The number of primary amides is 1. The average molecular weight is 333 g/mol. The Bertz CT molecular complexity index is 701. The Balaban J connectivity index is 1.89. The van der Waals surface area contributed by atoms with E-state index < -0.39 is 12.0 Å². The second kappa shape index (κ2) is 7.65. The van der Waals surface area contributed by atoms with Gasteiger partial charge in [-0.3, -0.25) is 9.59 Å². The van der Waals surface area contributed by atoms with E-state index in [2.05, 4.69) is 5.32 Å². The second-order valence-corrected chi connectivity index (χ2v) is 5.37. The van der Waals surface area contributed by atoms with Gasteiger partial charge in [0.2, 0.25) is 5.91 Å². The number of benzene rings is 2. The standard InChI is InChI=1S/C17H17ClN2O3/c1-11(23-14-8-6-12(7-9-14)16(19)21)17(22)20-10-13-4-2-3-5-15(13)18/h2-9,11H,10H2,1H3,(H2,19,21)(H,20,22). The van der Waals surface area contributed by atoms with Gasteiger partial charge in [-0.25, -0.2) is 0 Å². The van der Waals surface area contributed by atoms with E-state index in [-0.39, 0.29) is 5.91 Å². The summed E-state index contributed by atoms with van der Waals surface area (Å²) in [6, 6.07) is 13.6. The molecule has 0 aliphatic rings. The van der Waals surface area contributed by atoms with Gasteiger partial charge in [0.15, 0.2) is 6.10 Å². The normalized spacial score (nSPS) is 11.6. The minimum atomic E-state index is -0.683.